The Morgan fingerprint density at radius 2 is 1.82 bits per heavy atom. The molecule has 2 aromatic rings. The third-order valence-corrected chi connectivity index (χ3v) is 4.39. The number of methoxy groups -OCH3 is 2. The van der Waals surface area contributed by atoms with Gasteiger partial charge in [0.05, 0.1) is 18.7 Å². The van der Waals surface area contributed by atoms with Crippen LogP contribution < -0.4 is 9.47 Å². The molecule has 2 aromatic carbocycles. The highest BCUT2D eigenvalue weighted by Gasteiger charge is 2.24. The van der Waals surface area contributed by atoms with E-state index < -0.39 is 0 Å². The Kier molecular flexibility index (Phi) is 4.03. The molecule has 0 heterocycles. The third kappa shape index (κ3) is 2.55. The van der Waals surface area contributed by atoms with Gasteiger partial charge in [-0.1, -0.05) is 24.3 Å². The van der Waals surface area contributed by atoms with E-state index in [2.05, 4.69) is 15.9 Å². The molecule has 3 rings (SSSR count). The number of Topliss-reactive ketones (excluding diaryl/α,β-unsaturated/α-hetero) is 1. The standard InChI is InChI=1S/C18H15BrO3/c1-21-16-10-17(22-2)15(19)9-12(16)8-13-7-11-5-3-4-6-14(11)18(13)20/h3-6,8-10H,7H2,1-2H3/b13-8+. The first-order chi connectivity index (χ1) is 10.6. The van der Waals surface area contributed by atoms with Crippen molar-refractivity contribution in [3.05, 3.63) is 63.1 Å². The molecular formula is C18H15BrO3. The molecule has 3 nitrogen and oxygen atoms in total. The number of ether oxygens (including phenoxy) is 2. The minimum Gasteiger partial charge on any atom is -0.496 e. The third-order valence-electron chi connectivity index (χ3n) is 3.77. The van der Waals surface area contributed by atoms with Crippen LogP contribution in [0.4, 0.5) is 0 Å². The summed E-state index contributed by atoms with van der Waals surface area (Å²) in [6.45, 7) is 0. The highest BCUT2D eigenvalue weighted by Crippen LogP contribution is 2.35. The van der Waals surface area contributed by atoms with Crippen molar-refractivity contribution in [2.45, 2.75) is 6.42 Å². The number of carbonyl (C=O) groups excluding carboxylic acids is 1. The molecule has 0 fully saturated rings. The van der Waals surface area contributed by atoms with Crippen LogP contribution in [0.3, 0.4) is 0 Å². The lowest BCUT2D eigenvalue weighted by atomic mass is 10.1. The SMILES string of the molecule is COc1cc(OC)c(/C=C2\Cc3ccccc3C2=O)cc1Br. The first kappa shape index (κ1) is 14.9. The van der Waals surface area contributed by atoms with Crippen molar-refractivity contribution < 1.29 is 14.3 Å². The van der Waals surface area contributed by atoms with E-state index in [1.54, 1.807) is 14.2 Å². The van der Waals surface area contributed by atoms with E-state index >= 15 is 0 Å². The molecule has 0 spiro atoms. The molecule has 1 aliphatic carbocycles. The summed E-state index contributed by atoms with van der Waals surface area (Å²) in [5, 5.41) is 0. The Morgan fingerprint density at radius 1 is 1.09 bits per heavy atom. The first-order valence-corrected chi connectivity index (χ1v) is 7.68. The van der Waals surface area contributed by atoms with Crippen LogP contribution in [0.15, 0.2) is 46.4 Å². The summed E-state index contributed by atoms with van der Waals surface area (Å²) < 4.78 is 11.5. The van der Waals surface area contributed by atoms with Crippen molar-refractivity contribution in [2.24, 2.45) is 0 Å². The van der Waals surface area contributed by atoms with Crippen molar-refractivity contribution in [3.8, 4) is 11.5 Å². The molecule has 1 aliphatic rings. The summed E-state index contributed by atoms with van der Waals surface area (Å²) in [6, 6.07) is 11.4. The van der Waals surface area contributed by atoms with Gasteiger partial charge in [-0.2, -0.15) is 0 Å². The number of benzene rings is 2. The molecule has 0 aromatic heterocycles. The van der Waals surface area contributed by atoms with E-state index in [1.165, 1.54) is 0 Å². The van der Waals surface area contributed by atoms with Crippen LogP contribution in [0.2, 0.25) is 0 Å². The predicted octanol–water partition coefficient (Wildman–Crippen LogP) is 4.29. The van der Waals surface area contributed by atoms with Crippen LogP contribution in [-0.4, -0.2) is 20.0 Å². The largest absolute Gasteiger partial charge is 0.496 e. The minimum absolute atomic E-state index is 0.0876. The number of carbonyl (C=O) groups is 1. The lowest BCUT2D eigenvalue weighted by Crippen LogP contribution is -1.96. The zero-order chi connectivity index (χ0) is 15.7. The molecule has 4 heteroatoms. The topological polar surface area (TPSA) is 35.5 Å². The fourth-order valence-electron chi connectivity index (χ4n) is 2.65. The molecule has 0 amide bonds. The summed E-state index contributed by atoms with van der Waals surface area (Å²) in [7, 11) is 3.21. The number of halogens is 1. The monoisotopic (exact) mass is 358 g/mol. The van der Waals surface area contributed by atoms with Crippen molar-refractivity contribution >= 4 is 27.8 Å². The number of rotatable bonds is 3. The lowest BCUT2D eigenvalue weighted by Gasteiger charge is -2.10. The number of allylic oxidation sites excluding steroid dienone is 1. The summed E-state index contributed by atoms with van der Waals surface area (Å²) in [5.74, 6) is 1.46. The first-order valence-electron chi connectivity index (χ1n) is 6.88. The van der Waals surface area contributed by atoms with E-state index in [1.807, 2.05) is 42.5 Å². The van der Waals surface area contributed by atoms with E-state index in [-0.39, 0.29) is 5.78 Å². The average molecular weight is 359 g/mol. The molecule has 0 aliphatic heterocycles. The number of fused-ring (bicyclic) bond motifs is 1. The second-order valence-corrected chi connectivity index (χ2v) is 5.92. The van der Waals surface area contributed by atoms with Gasteiger partial charge in [-0.05, 0) is 33.6 Å². The fourth-order valence-corrected chi connectivity index (χ4v) is 3.18. The van der Waals surface area contributed by atoms with Crippen LogP contribution in [0.25, 0.3) is 6.08 Å². The minimum atomic E-state index is 0.0876. The number of hydrogen-bond donors (Lipinski definition) is 0. The molecule has 0 N–H and O–H groups in total. The second kappa shape index (κ2) is 5.97. The molecule has 112 valence electrons. The Hall–Kier alpha value is -2.07. The van der Waals surface area contributed by atoms with Gasteiger partial charge in [-0.25, -0.2) is 0 Å². The van der Waals surface area contributed by atoms with Gasteiger partial charge in [0, 0.05) is 29.2 Å². The fraction of sp³-hybridized carbons (Fsp3) is 0.167. The van der Waals surface area contributed by atoms with Crippen molar-refractivity contribution in [1.82, 2.24) is 0 Å². The summed E-state index contributed by atoms with van der Waals surface area (Å²) >= 11 is 3.47. The molecule has 0 saturated heterocycles. The van der Waals surface area contributed by atoms with Crippen molar-refractivity contribution in [1.29, 1.82) is 0 Å². The highest BCUT2D eigenvalue weighted by atomic mass is 79.9. The number of hydrogen-bond acceptors (Lipinski definition) is 3. The summed E-state index contributed by atoms with van der Waals surface area (Å²) in [6.07, 6.45) is 2.55. The van der Waals surface area contributed by atoms with Gasteiger partial charge in [0.1, 0.15) is 11.5 Å². The average Bonchev–Trinajstić information content (AvgIpc) is 2.84. The van der Waals surface area contributed by atoms with Gasteiger partial charge in [-0.15, -0.1) is 0 Å². The van der Waals surface area contributed by atoms with Crippen molar-refractivity contribution in [2.75, 3.05) is 14.2 Å². The van der Waals surface area contributed by atoms with Gasteiger partial charge in [0.25, 0.3) is 0 Å². The van der Waals surface area contributed by atoms with E-state index in [0.29, 0.717) is 17.9 Å². The molecule has 0 bridgehead atoms. The molecule has 0 saturated carbocycles. The lowest BCUT2D eigenvalue weighted by molar-refractivity contribution is 0.104. The summed E-state index contributed by atoms with van der Waals surface area (Å²) in [4.78, 5) is 12.5. The molecule has 0 unspecified atom stereocenters. The quantitative estimate of drug-likeness (QED) is 0.767. The van der Waals surface area contributed by atoms with E-state index in [0.717, 1.165) is 26.7 Å². The maximum absolute atomic E-state index is 12.5. The van der Waals surface area contributed by atoms with Crippen LogP contribution in [-0.2, 0) is 6.42 Å². The second-order valence-electron chi connectivity index (χ2n) is 5.06. The van der Waals surface area contributed by atoms with E-state index in [9.17, 15) is 4.79 Å². The van der Waals surface area contributed by atoms with Crippen LogP contribution in [0, 0.1) is 0 Å². The van der Waals surface area contributed by atoms with E-state index in [4.69, 9.17) is 9.47 Å². The normalized spacial score (nSPS) is 15.0. The van der Waals surface area contributed by atoms with Gasteiger partial charge < -0.3 is 9.47 Å². The zero-order valence-electron chi connectivity index (χ0n) is 12.4. The Labute approximate surface area is 137 Å². The number of ketones is 1. The van der Waals surface area contributed by atoms with Crippen LogP contribution in [0.5, 0.6) is 11.5 Å². The molecule has 0 radical (unpaired) electrons. The Balaban J connectivity index is 2.04. The van der Waals surface area contributed by atoms with Gasteiger partial charge in [0.15, 0.2) is 5.78 Å². The van der Waals surface area contributed by atoms with Crippen molar-refractivity contribution in [3.63, 3.8) is 0 Å². The smallest absolute Gasteiger partial charge is 0.189 e. The van der Waals surface area contributed by atoms with Crippen LogP contribution >= 0.6 is 15.9 Å². The Bertz CT molecular complexity index is 778. The Morgan fingerprint density at radius 3 is 2.50 bits per heavy atom. The van der Waals surface area contributed by atoms with Gasteiger partial charge >= 0.3 is 0 Å². The highest BCUT2D eigenvalue weighted by molar-refractivity contribution is 9.10. The maximum atomic E-state index is 12.5. The van der Waals surface area contributed by atoms with Crippen LogP contribution in [0.1, 0.15) is 21.5 Å². The molecule has 22 heavy (non-hydrogen) atoms. The predicted molar refractivity (Wildman–Crippen MR) is 89.7 cm³/mol. The molecular weight excluding hydrogens is 344 g/mol. The summed E-state index contributed by atoms with van der Waals surface area (Å²) in [5.41, 5.74) is 3.49. The van der Waals surface area contributed by atoms with Gasteiger partial charge in [0.2, 0.25) is 0 Å². The zero-order valence-corrected chi connectivity index (χ0v) is 13.9. The maximum Gasteiger partial charge on any atom is 0.189 e. The molecule has 0 atom stereocenters. The van der Waals surface area contributed by atoms with Gasteiger partial charge in [-0.3, -0.25) is 4.79 Å².